The second kappa shape index (κ2) is 6.26. The summed E-state index contributed by atoms with van der Waals surface area (Å²) in [6.07, 6.45) is 18.5. The average molecular weight is 296 g/mol. The molecule has 2 aliphatic carbocycles. The van der Waals surface area contributed by atoms with Gasteiger partial charge >= 0.3 is 0 Å². The highest BCUT2D eigenvalue weighted by Crippen LogP contribution is 2.26. The van der Waals surface area contributed by atoms with E-state index >= 15 is 0 Å². The van der Waals surface area contributed by atoms with Crippen molar-refractivity contribution in [2.45, 2.75) is 18.3 Å². The van der Waals surface area contributed by atoms with Gasteiger partial charge in [0.1, 0.15) is 0 Å². The fourth-order valence-corrected chi connectivity index (χ4v) is 3.36. The Balaban J connectivity index is 1.56. The van der Waals surface area contributed by atoms with Crippen LogP contribution < -0.4 is 0 Å². The highest BCUT2D eigenvalue weighted by Gasteiger charge is 2.09. The Kier molecular flexibility index (Phi) is 3.81. The first-order chi connectivity index (χ1) is 11.4. The third-order valence-electron chi connectivity index (χ3n) is 4.58. The molecule has 2 aliphatic rings. The van der Waals surface area contributed by atoms with Crippen LogP contribution in [0.25, 0.3) is 0 Å². The van der Waals surface area contributed by atoms with Crippen LogP contribution in [0.1, 0.15) is 34.1 Å². The molecule has 0 fully saturated rings. The molecule has 0 spiro atoms. The molecule has 0 N–H and O–H groups in total. The predicted molar refractivity (Wildman–Crippen MR) is 97.7 cm³/mol. The Morgan fingerprint density at radius 2 is 1.00 bits per heavy atom. The van der Waals surface area contributed by atoms with Gasteiger partial charge in [-0.25, -0.2) is 0 Å². The van der Waals surface area contributed by atoms with Crippen molar-refractivity contribution in [2.75, 3.05) is 0 Å². The van der Waals surface area contributed by atoms with Crippen LogP contribution in [-0.2, 0) is 6.42 Å². The first kappa shape index (κ1) is 14.0. The first-order valence-corrected chi connectivity index (χ1v) is 8.26. The van der Waals surface area contributed by atoms with Crippen LogP contribution in [0.15, 0.2) is 97.1 Å². The van der Waals surface area contributed by atoms with Gasteiger partial charge in [-0.3, -0.25) is 0 Å². The molecule has 0 aromatic heterocycles. The van der Waals surface area contributed by atoms with E-state index in [1.807, 2.05) is 0 Å². The minimum Gasteiger partial charge on any atom is -0.0732 e. The zero-order valence-corrected chi connectivity index (χ0v) is 13.1. The first-order valence-electron chi connectivity index (χ1n) is 8.26. The molecule has 2 aromatic carbocycles. The van der Waals surface area contributed by atoms with Gasteiger partial charge in [-0.2, -0.15) is 0 Å². The van der Waals surface area contributed by atoms with Gasteiger partial charge in [0, 0.05) is 11.8 Å². The summed E-state index contributed by atoms with van der Waals surface area (Å²) in [6, 6.07) is 17.9. The maximum atomic E-state index is 2.34. The quantitative estimate of drug-likeness (QED) is 0.679. The second-order valence-electron chi connectivity index (χ2n) is 6.26. The van der Waals surface area contributed by atoms with Crippen molar-refractivity contribution in [2.24, 2.45) is 0 Å². The molecule has 0 aliphatic heterocycles. The molecule has 0 saturated heterocycles. The zero-order chi connectivity index (χ0) is 15.5. The lowest BCUT2D eigenvalue weighted by molar-refractivity contribution is 1.06. The van der Waals surface area contributed by atoms with E-state index in [2.05, 4.69) is 97.1 Å². The summed E-state index contributed by atoms with van der Waals surface area (Å²) >= 11 is 0. The van der Waals surface area contributed by atoms with Crippen LogP contribution in [-0.4, -0.2) is 0 Å². The third kappa shape index (κ3) is 3.12. The normalized spacial score (nSPS) is 16.7. The molecule has 0 radical (unpaired) electrons. The van der Waals surface area contributed by atoms with E-state index in [0.717, 1.165) is 6.42 Å². The number of hydrogen-bond donors (Lipinski definition) is 0. The van der Waals surface area contributed by atoms with Crippen molar-refractivity contribution in [1.29, 1.82) is 0 Å². The molecule has 2 aromatic rings. The van der Waals surface area contributed by atoms with Crippen LogP contribution in [0.5, 0.6) is 0 Å². The molecular formula is C23H20. The number of benzene rings is 2. The fourth-order valence-electron chi connectivity index (χ4n) is 3.36. The van der Waals surface area contributed by atoms with Crippen LogP contribution in [0, 0.1) is 0 Å². The number of allylic oxidation sites excluding steroid dienone is 8. The molecule has 0 bridgehead atoms. The molecule has 0 amide bonds. The van der Waals surface area contributed by atoms with Gasteiger partial charge < -0.3 is 0 Å². The van der Waals surface area contributed by atoms with Crippen molar-refractivity contribution in [3.8, 4) is 0 Å². The van der Waals surface area contributed by atoms with E-state index in [0.29, 0.717) is 11.8 Å². The summed E-state index contributed by atoms with van der Waals surface area (Å²) in [5.74, 6) is 0.880. The standard InChI is InChI=1S/C23H20/c1-2-10-20(9-1)22-13-5-7-18(16-22)15-19-8-6-14-23(17-19)21-11-3-4-12-21/h1-14,16-17,20-21H,15H2. The molecule has 23 heavy (non-hydrogen) atoms. The van der Waals surface area contributed by atoms with Gasteiger partial charge in [-0.05, 0) is 28.7 Å². The summed E-state index contributed by atoms with van der Waals surface area (Å²) in [6.45, 7) is 0. The molecule has 0 heteroatoms. The topological polar surface area (TPSA) is 0 Å². The molecule has 0 unspecified atom stereocenters. The van der Waals surface area contributed by atoms with E-state index in [-0.39, 0.29) is 0 Å². The Hall–Kier alpha value is -2.60. The van der Waals surface area contributed by atoms with Crippen LogP contribution >= 0.6 is 0 Å². The van der Waals surface area contributed by atoms with Crippen molar-refractivity contribution in [1.82, 2.24) is 0 Å². The van der Waals surface area contributed by atoms with Crippen molar-refractivity contribution >= 4 is 0 Å². The van der Waals surface area contributed by atoms with Gasteiger partial charge in [0.05, 0.1) is 0 Å². The van der Waals surface area contributed by atoms with E-state index in [1.54, 1.807) is 0 Å². The Labute approximate surface area is 138 Å². The average Bonchev–Trinajstić information content (AvgIpc) is 3.29. The summed E-state index contributed by atoms with van der Waals surface area (Å²) in [7, 11) is 0. The minimum atomic E-state index is 0.440. The van der Waals surface area contributed by atoms with E-state index in [4.69, 9.17) is 0 Å². The number of rotatable bonds is 4. The van der Waals surface area contributed by atoms with Crippen LogP contribution in [0.2, 0.25) is 0 Å². The molecule has 0 saturated carbocycles. The second-order valence-corrected chi connectivity index (χ2v) is 6.26. The van der Waals surface area contributed by atoms with E-state index in [1.165, 1.54) is 22.3 Å². The molecule has 0 nitrogen and oxygen atoms in total. The van der Waals surface area contributed by atoms with Gasteiger partial charge in [0.2, 0.25) is 0 Å². The Morgan fingerprint density at radius 3 is 1.43 bits per heavy atom. The largest absolute Gasteiger partial charge is 0.0732 e. The highest BCUT2D eigenvalue weighted by atomic mass is 14.1. The summed E-state index contributed by atoms with van der Waals surface area (Å²) < 4.78 is 0. The Morgan fingerprint density at radius 1 is 0.565 bits per heavy atom. The van der Waals surface area contributed by atoms with Crippen LogP contribution in [0.3, 0.4) is 0 Å². The van der Waals surface area contributed by atoms with Gasteiger partial charge in [-0.15, -0.1) is 0 Å². The molecule has 0 atom stereocenters. The smallest absolute Gasteiger partial charge is 0.0204 e. The maximum absolute atomic E-state index is 2.34. The van der Waals surface area contributed by atoms with Gasteiger partial charge in [0.25, 0.3) is 0 Å². The SMILES string of the molecule is C1=CC(c2cccc(Cc3cccc(C4C=CC=C4)c3)c2)C=C1. The Bertz CT molecular complexity index is 724. The molecule has 112 valence electrons. The van der Waals surface area contributed by atoms with Crippen molar-refractivity contribution < 1.29 is 0 Å². The molecule has 0 heterocycles. The van der Waals surface area contributed by atoms with Gasteiger partial charge in [0.15, 0.2) is 0 Å². The van der Waals surface area contributed by atoms with E-state index < -0.39 is 0 Å². The molecular weight excluding hydrogens is 276 g/mol. The third-order valence-corrected chi connectivity index (χ3v) is 4.58. The summed E-state index contributed by atoms with van der Waals surface area (Å²) in [5, 5.41) is 0. The van der Waals surface area contributed by atoms with Crippen molar-refractivity contribution in [3.63, 3.8) is 0 Å². The highest BCUT2D eigenvalue weighted by molar-refractivity contribution is 5.41. The minimum absolute atomic E-state index is 0.440. The fraction of sp³-hybridized carbons (Fsp3) is 0.130. The van der Waals surface area contributed by atoms with Gasteiger partial charge in [-0.1, -0.05) is 97.1 Å². The number of hydrogen-bond acceptors (Lipinski definition) is 0. The summed E-state index contributed by atoms with van der Waals surface area (Å²) in [5.41, 5.74) is 5.52. The van der Waals surface area contributed by atoms with E-state index in [9.17, 15) is 0 Å². The van der Waals surface area contributed by atoms with Crippen LogP contribution in [0.4, 0.5) is 0 Å². The lowest BCUT2D eigenvalue weighted by Crippen LogP contribution is -1.95. The predicted octanol–water partition coefficient (Wildman–Crippen LogP) is 5.70. The van der Waals surface area contributed by atoms with Crippen molar-refractivity contribution in [3.05, 3.63) is 119 Å². The maximum Gasteiger partial charge on any atom is 0.0204 e. The lowest BCUT2D eigenvalue weighted by Gasteiger charge is -2.11. The lowest BCUT2D eigenvalue weighted by atomic mass is 9.94. The monoisotopic (exact) mass is 296 g/mol. The summed E-state index contributed by atoms with van der Waals surface area (Å²) in [4.78, 5) is 0. The molecule has 4 rings (SSSR count). The zero-order valence-electron chi connectivity index (χ0n) is 13.1.